The monoisotopic (exact) mass is 261 g/mol. The SMILES string of the molecule is Cc1cc(O)ccc1C(=O)NC(C)C1CCCCC1. The smallest absolute Gasteiger partial charge is 0.251 e. The fourth-order valence-corrected chi connectivity index (χ4v) is 2.94. The van der Waals surface area contributed by atoms with Gasteiger partial charge in [-0.25, -0.2) is 0 Å². The Morgan fingerprint density at radius 2 is 2.00 bits per heavy atom. The summed E-state index contributed by atoms with van der Waals surface area (Å²) in [6.07, 6.45) is 6.33. The molecule has 1 fully saturated rings. The Hall–Kier alpha value is -1.51. The van der Waals surface area contributed by atoms with E-state index in [-0.39, 0.29) is 17.7 Å². The number of phenols is 1. The molecule has 0 aromatic heterocycles. The fourth-order valence-electron chi connectivity index (χ4n) is 2.94. The number of amides is 1. The number of nitrogens with one attached hydrogen (secondary N) is 1. The van der Waals surface area contributed by atoms with E-state index in [1.54, 1.807) is 18.2 Å². The molecule has 104 valence electrons. The average Bonchev–Trinajstić information content (AvgIpc) is 2.39. The normalized spacial score (nSPS) is 18.0. The van der Waals surface area contributed by atoms with Crippen LogP contribution in [-0.4, -0.2) is 17.1 Å². The van der Waals surface area contributed by atoms with Gasteiger partial charge in [0.25, 0.3) is 5.91 Å². The van der Waals surface area contributed by atoms with Crippen molar-refractivity contribution in [3.8, 4) is 5.75 Å². The van der Waals surface area contributed by atoms with E-state index in [0.29, 0.717) is 11.5 Å². The standard InChI is InChI=1S/C16H23NO2/c1-11-10-14(18)8-9-15(11)16(19)17-12(2)13-6-4-3-5-7-13/h8-10,12-13,18H,3-7H2,1-2H3,(H,17,19). The van der Waals surface area contributed by atoms with E-state index in [2.05, 4.69) is 12.2 Å². The first-order valence-corrected chi connectivity index (χ1v) is 7.18. The van der Waals surface area contributed by atoms with Crippen LogP contribution in [0.3, 0.4) is 0 Å². The van der Waals surface area contributed by atoms with Crippen LogP contribution < -0.4 is 5.32 Å². The molecular formula is C16H23NO2. The first kappa shape index (κ1) is 13.9. The van der Waals surface area contributed by atoms with Gasteiger partial charge in [0.15, 0.2) is 0 Å². The first-order valence-electron chi connectivity index (χ1n) is 7.18. The van der Waals surface area contributed by atoms with Gasteiger partial charge in [-0.2, -0.15) is 0 Å². The van der Waals surface area contributed by atoms with E-state index in [0.717, 1.165) is 5.56 Å². The highest BCUT2D eigenvalue weighted by Gasteiger charge is 2.22. The topological polar surface area (TPSA) is 49.3 Å². The van der Waals surface area contributed by atoms with Crippen LogP contribution in [0.25, 0.3) is 0 Å². The van der Waals surface area contributed by atoms with E-state index in [9.17, 15) is 9.90 Å². The number of aromatic hydroxyl groups is 1. The lowest BCUT2D eigenvalue weighted by atomic mass is 9.84. The molecular weight excluding hydrogens is 238 g/mol. The van der Waals surface area contributed by atoms with Gasteiger partial charge in [-0.3, -0.25) is 4.79 Å². The lowest BCUT2D eigenvalue weighted by Crippen LogP contribution is -2.39. The molecule has 0 bridgehead atoms. The van der Waals surface area contributed by atoms with Crippen molar-refractivity contribution in [2.24, 2.45) is 5.92 Å². The third kappa shape index (κ3) is 3.49. The maximum absolute atomic E-state index is 12.2. The third-order valence-electron chi connectivity index (χ3n) is 4.17. The highest BCUT2D eigenvalue weighted by atomic mass is 16.3. The van der Waals surface area contributed by atoms with E-state index in [1.165, 1.54) is 32.1 Å². The van der Waals surface area contributed by atoms with Crippen molar-refractivity contribution in [2.75, 3.05) is 0 Å². The maximum atomic E-state index is 12.2. The Bertz CT molecular complexity index is 450. The molecule has 1 aliphatic rings. The average molecular weight is 261 g/mol. The second-order valence-electron chi connectivity index (χ2n) is 5.66. The third-order valence-corrected chi connectivity index (χ3v) is 4.17. The molecule has 1 aromatic rings. The number of hydrogen-bond donors (Lipinski definition) is 2. The van der Waals surface area contributed by atoms with Gasteiger partial charge in [0.1, 0.15) is 5.75 Å². The molecule has 2 rings (SSSR count). The predicted molar refractivity (Wildman–Crippen MR) is 76.3 cm³/mol. The Morgan fingerprint density at radius 3 is 2.63 bits per heavy atom. The Labute approximate surface area is 115 Å². The molecule has 1 atom stereocenters. The van der Waals surface area contributed by atoms with Crippen LogP contribution >= 0.6 is 0 Å². The van der Waals surface area contributed by atoms with E-state index in [4.69, 9.17) is 0 Å². The molecule has 0 heterocycles. The summed E-state index contributed by atoms with van der Waals surface area (Å²) in [5, 5.41) is 12.5. The van der Waals surface area contributed by atoms with E-state index < -0.39 is 0 Å². The Morgan fingerprint density at radius 1 is 1.32 bits per heavy atom. The number of rotatable bonds is 3. The molecule has 1 aliphatic carbocycles. The molecule has 1 aromatic carbocycles. The number of carbonyl (C=O) groups excluding carboxylic acids is 1. The van der Waals surface area contributed by atoms with Crippen LogP contribution in [0.4, 0.5) is 0 Å². The summed E-state index contributed by atoms with van der Waals surface area (Å²) >= 11 is 0. The number of carbonyl (C=O) groups is 1. The maximum Gasteiger partial charge on any atom is 0.251 e. The zero-order valence-corrected chi connectivity index (χ0v) is 11.8. The van der Waals surface area contributed by atoms with Crippen LogP contribution in [0.15, 0.2) is 18.2 Å². The summed E-state index contributed by atoms with van der Waals surface area (Å²) in [4.78, 5) is 12.2. The number of aryl methyl sites for hydroxylation is 1. The minimum absolute atomic E-state index is 0.0319. The molecule has 3 heteroatoms. The van der Waals surface area contributed by atoms with Gasteiger partial charge in [0.2, 0.25) is 0 Å². The second-order valence-corrected chi connectivity index (χ2v) is 5.66. The molecule has 0 spiro atoms. The molecule has 19 heavy (non-hydrogen) atoms. The Balaban J connectivity index is 1.99. The van der Waals surface area contributed by atoms with Crippen LogP contribution in [-0.2, 0) is 0 Å². The highest BCUT2D eigenvalue weighted by Crippen LogP contribution is 2.26. The lowest BCUT2D eigenvalue weighted by Gasteiger charge is -2.28. The molecule has 1 saturated carbocycles. The van der Waals surface area contributed by atoms with Crippen molar-refractivity contribution >= 4 is 5.91 Å². The summed E-state index contributed by atoms with van der Waals surface area (Å²) in [5.74, 6) is 0.778. The van der Waals surface area contributed by atoms with Crippen molar-refractivity contribution in [1.29, 1.82) is 0 Å². The molecule has 1 amide bonds. The van der Waals surface area contributed by atoms with Crippen molar-refractivity contribution < 1.29 is 9.90 Å². The predicted octanol–water partition coefficient (Wildman–Crippen LogP) is 3.40. The summed E-state index contributed by atoms with van der Waals surface area (Å²) < 4.78 is 0. The van der Waals surface area contributed by atoms with Gasteiger partial charge in [-0.1, -0.05) is 19.3 Å². The van der Waals surface area contributed by atoms with Gasteiger partial charge in [0, 0.05) is 11.6 Å². The minimum atomic E-state index is -0.0319. The zero-order chi connectivity index (χ0) is 13.8. The van der Waals surface area contributed by atoms with Crippen molar-refractivity contribution in [2.45, 2.75) is 52.0 Å². The lowest BCUT2D eigenvalue weighted by molar-refractivity contribution is 0.0918. The largest absolute Gasteiger partial charge is 0.508 e. The van der Waals surface area contributed by atoms with Gasteiger partial charge < -0.3 is 10.4 Å². The molecule has 0 saturated heterocycles. The van der Waals surface area contributed by atoms with Gasteiger partial charge >= 0.3 is 0 Å². The fraction of sp³-hybridized carbons (Fsp3) is 0.562. The second kappa shape index (κ2) is 6.09. The summed E-state index contributed by atoms with van der Waals surface area (Å²) in [5.41, 5.74) is 1.47. The van der Waals surface area contributed by atoms with Crippen molar-refractivity contribution in [1.82, 2.24) is 5.32 Å². The van der Waals surface area contributed by atoms with Crippen LogP contribution in [0, 0.1) is 12.8 Å². The van der Waals surface area contributed by atoms with Crippen LogP contribution in [0.5, 0.6) is 5.75 Å². The van der Waals surface area contributed by atoms with Crippen LogP contribution in [0.1, 0.15) is 54.9 Å². The van der Waals surface area contributed by atoms with Gasteiger partial charge in [0.05, 0.1) is 0 Å². The number of phenolic OH excluding ortho intramolecular Hbond substituents is 1. The molecule has 0 radical (unpaired) electrons. The molecule has 2 N–H and O–H groups in total. The number of hydrogen-bond acceptors (Lipinski definition) is 2. The number of benzene rings is 1. The summed E-state index contributed by atoms with van der Waals surface area (Å²) in [6.45, 7) is 3.95. The Kier molecular flexibility index (Phi) is 4.46. The summed E-state index contributed by atoms with van der Waals surface area (Å²) in [6, 6.07) is 5.10. The zero-order valence-electron chi connectivity index (χ0n) is 11.8. The van der Waals surface area contributed by atoms with Crippen molar-refractivity contribution in [3.63, 3.8) is 0 Å². The first-order chi connectivity index (χ1) is 9.08. The van der Waals surface area contributed by atoms with Crippen LogP contribution in [0.2, 0.25) is 0 Å². The van der Waals surface area contributed by atoms with Gasteiger partial charge in [-0.05, 0) is 56.4 Å². The molecule has 0 aliphatic heterocycles. The molecule has 3 nitrogen and oxygen atoms in total. The quantitative estimate of drug-likeness (QED) is 0.876. The summed E-state index contributed by atoms with van der Waals surface area (Å²) in [7, 11) is 0. The molecule has 1 unspecified atom stereocenters. The van der Waals surface area contributed by atoms with Gasteiger partial charge in [-0.15, -0.1) is 0 Å². The van der Waals surface area contributed by atoms with E-state index >= 15 is 0 Å². The minimum Gasteiger partial charge on any atom is -0.508 e. The highest BCUT2D eigenvalue weighted by molar-refractivity contribution is 5.95. The van der Waals surface area contributed by atoms with E-state index in [1.807, 2.05) is 6.92 Å². The van der Waals surface area contributed by atoms with Crippen molar-refractivity contribution in [3.05, 3.63) is 29.3 Å².